The van der Waals surface area contributed by atoms with E-state index in [0.717, 1.165) is 14.2 Å². The van der Waals surface area contributed by atoms with Crippen molar-refractivity contribution in [2.75, 3.05) is 14.2 Å². The molecule has 0 saturated carbocycles. The molecular formula is C13H19NO7. The van der Waals surface area contributed by atoms with Gasteiger partial charge in [0.1, 0.15) is 17.6 Å². The van der Waals surface area contributed by atoms with Gasteiger partial charge in [-0.1, -0.05) is 0 Å². The van der Waals surface area contributed by atoms with Crippen LogP contribution in [-0.4, -0.2) is 54.7 Å². The van der Waals surface area contributed by atoms with Crippen molar-refractivity contribution in [1.29, 1.82) is 0 Å². The number of rotatable bonds is 2. The number of methoxy groups -OCH3 is 2. The van der Waals surface area contributed by atoms with Crippen LogP contribution in [0.1, 0.15) is 27.2 Å². The largest absolute Gasteiger partial charge is 0.468 e. The van der Waals surface area contributed by atoms with Gasteiger partial charge >= 0.3 is 18.0 Å². The SMILES string of the molecule is COC(=O)C1C[C@@H](C(=O)OC)N(C(=O)OC(C)(C)C)C1=O. The zero-order valence-corrected chi connectivity index (χ0v) is 12.7. The molecule has 0 aromatic heterocycles. The van der Waals surface area contributed by atoms with Gasteiger partial charge in [-0.05, 0) is 20.8 Å². The van der Waals surface area contributed by atoms with E-state index >= 15 is 0 Å². The van der Waals surface area contributed by atoms with Crippen LogP contribution in [0.4, 0.5) is 4.79 Å². The minimum Gasteiger partial charge on any atom is -0.468 e. The number of carbonyl (C=O) groups excluding carboxylic acids is 4. The van der Waals surface area contributed by atoms with Crippen molar-refractivity contribution in [1.82, 2.24) is 4.90 Å². The van der Waals surface area contributed by atoms with Crippen LogP contribution < -0.4 is 0 Å². The summed E-state index contributed by atoms with van der Waals surface area (Å²) in [4.78, 5) is 48.2. The molecule has 0 aromatic rings. The summed E-state index contributed by atoms with van der Waals surface area (Å²) in [6.45, 7) is 4.86. The number of carbonyl (C=O) groups is 4. The highest BCUT2D eigenvalue weighted by Gasteiger charge is 2.51. The molecule has 8 heteroatoms. The maximum absolute atomic E-state index is 12.2. The van der Waals surface area contributed by atoms with Gasteiger partial charge in [0, 0.05) is 6.42 Å². The van der Waals surface area contributed by atoms with Crippen LogP contribution >= 0.6 is 0 Å². The van der Waals surface area contributed by atoms with E-state index in [2.05, 4.69) is 9.47 Å². The highest BCUT2D eigenvalue weighted by Crippen LogP contribution is 2.28. The molecule has 0 N–H and O–H groups in total. The maximum atomic E-state index is 12.2. The van der Waals surface area contributed by atoms with E-state index in [4.69, 9.17) is 4.74 Å². The van der Waals surface area contributed by atoms with Crippen molar-refractivity contribution in [2.24, 2.45) is 5.92 Å². The molecule has 0 aromatic carbocycles. The Morgan fingerprint density at radius 3 is 2.05 bits per heavy atom. The fourth-order valence-corrected chi connectivity index (χ4v) is 1.96. The predicted octanol–water partition coefficient (Wildman–Crippen LogP) is 0.485. The lowest BCUT2D eigenvalue weighted by atomic mass is 10.1. The lowest BCUT2D eigenvalue weighted by Gasteiger charge is -2.26. The standard InChI is InChI=1S/C13H19NO7/c1-13(2,3)21-12(18)14-8(11(17)20-5)6-7(9(14)15)10(16)19-4/h7-8H,6H2,1-5H3/t7?,8-/m0/s1. The number of nitrogens with zero attached hydrogens (tertiary/aromatic N) is 1. The van der Waals surface area contributed by atoms with Crippen LogP contribution in [0.3, 0.4) is 0 Å². The van der Waals surface area contributed by atoms with Gasteiger partial charge in [-0.25, -0.2) is 14.5 Å². The highest BCUT2D eigenvalue weighted by atomic mass is 16.6. The average molecular weight is 301 g/mol. The zero-order chi connectivity index (χ0) is 16.4. The molecule has 0 radical (unpaired) electrons. The van der Waals surface area contributed by atoms with E-state index in [1.54, 1.807) is 20.8 Å². The number of ether oxygens (including phenoxy) is 3. The molecule has 8 nitrogen and oxygen atoms in total. The Morgan fingerprint density at radius 2 is 1.62 bits per heavy atom. The average Bonchev–Trinajstić information content (AvgIpc) is 2.72. The third-order valence-corrected chi connectivity index (χ3v) is 2.86. The summed E-state index contributed by atoms with van der Waals surface area (Å²) in [5.41, 5.74) is -0.846. The van der Waals surface area contributed by atoms with E-state index < -0.39 is 41.5 Å². The Balaban J connectivity index is 3.06. The topological polar surface area (TPSA) is 99.2 Å². The third kappa shape index (κ3) is 3.71. The molecule has 2 atom stereocenters. The van der Waals surface area contributed by atoms with E-state index in [9.17, 15) is 19.2 Å². The number of esters is 2. The number of hydrogen-bond donors (Lipinski definition) is 0. The Kier molecular flexibility index (Phi) is 4.93. The van der Waals surface area contributed by atoms with Crippen LogP contribution in [0, 0.1) is 5.92 Å². The predicted molar refractivity (Wildman–Crippen MR) is 69.0 cm³/mol. The monoisotopic (exact) mass is 301 g/mol. The Hall–Kier alpha value is -2.12. The first-order valence-electron chi connectivity index (χ1n) is 6.34. The molecule has 118 valence electrons. The van der Waals surface area contributed by atoms with E-state index in [1.165, 1.54) is 0 Å². The molecule has 0 bridgehead atoms. The summed E-state index contributed by atoms with van der Waals surface area (Å²) >= 11 is 0. The van der Waals surface area contributed by atoms with Gasteiger partial charge in [0.05, 0.1) is 14.2 Å². The van der Waals surface area contributed by atoms with Crippen molar-refractivity contribution < 1.29 is 33.4 Å². The summed E-state index contributed by atoms with van der Waals surface area (Å²) < 4.78 is 14.2. The summed E-state index contributed by atoms with van der Waals surface area (Å²) in [5, 5.41) is 0. The summed E-state index contributed by atoms with van der Waals surface area (Å²) in [6, 6.07) is -1.19. The molecule has 2 amide bonds. The van der Waals surface area contributed by atoms with Gasteiger partial charge in [0.2, 0.25) is 5.91 Å². The molecule has 1 saturated heterocycles. The molecule has 1 aliphatic heterocycles. The Labute approximate surface area is 122 Å². The first-order valence-corrected chi connectivity index (χ1v) is 6.34. The minimum absolute atomic E-state index is 0.183. The van der Waals surface area contributed by atoms with Crippen molar-refractivity contribution in [3.63, 3.8) is 0 Å². The van der Waals surface area contributed by atoms with Crippen molar-refractivity contribution in [2.45, 2.75) is 38.8 Å². The second-order valence-corrected chi connectivity index (χ2v) is 5.54. The van der Waals surface area contributed by atoms with E-state index in [-0.39, 0.29) is 6.42 Å². The number of imide groups is 1. The van der Waals surface area contributed by atoms with E-state index in [0.29, 0.717) is 4.90 Å². The van der Waals surface area contributed by atoms with Crippen molar-refractivity contribution >= 4 is 23.9 Å². The van der Waals surface area contributed by atoms with Gasteiger partial charge in [0.25, 0.3) is 0 Å². The smallest absolute Gasteiger partial charge is 0.417 e. The van der Waals surface area contributed by atoms with E-state index in [1.807, 2.05) is 0 Å². The van der Waals surface area contributed by atoms with Gasteiger partial charge in [-0.2, -0.15) is 0 Å². The molecule has 1 rings (SSSR count). The molecule has 1 unspecified atom stereocenters. The third-order valence-electron chi connectivity index (χ3n) is 2.86. The molecule has 21 heavy (non-hydrogen) atoms. The number of likely N-dealkylation sites (tertiary alicyclic amines) is 1. The fraction of sp³-hybridized carbons (Fsp3) is 0.692. The Bertz CT molecular complexity index is 466. The van der Waals surface area contributed by atoms with Gasteiger partial charge < -0.3 is 14.2 Å². The van der Waals surface area contributed by atoms with Crippen LogP contribution in [0.25, 0.3) is 0 Å². The van der Waals surface area contributed by atoms with Crippen LogP contribution in [-0.2, 0) is 28.6 Å². The maximum Gasteiger partial charge on any atom is 0.417 e. The quantitative estimate of drug-likeness (QED) is 0.415. The molecule has 1 fully saturated rings. The van der Waals surface area contributed by atoms with Crippen molar-refractivity contribution in [3.05, 3.63) is 0 Å². The van der Waals surface area contributed by atoms with Crippen molar-refractivity contribution in [3.8, 4) is 0 Å². The molecular weight excluding hydrogens is 282 g/mol. The highest BCUT2D eigenvalue weighted by molar-refractivity contribution is 6.08. The molecule has 0 aliphatic carbocycles. The minimum atomic E-state index is -1.22. The molecule has 1 aliphatic rings. The first kappa shape index (κ1) is 16.9. The van der Waals surface area contributed by atoms with Crippen LogP contribution in [0.2, 0.25) is 0 Å². The second-order valence-electron chi connectivity index (χ2n) is 5.54. The van der Waals surface area contributed by atoms with Gasteiger partial charge in [0.15, 0.2) is 0 Å². The number of hydrogen-bond acceptors (Lipinski definition) is 7. The number of amides is 2. The van der Waals surface area contributed by atoms with Crippen LogP contribution in [0.15, 0.2) is 0 Å². The lowest BCUT2D eigenvalue weighted by Crippen LogP contribution is -2.46. The van der Waals surface area contributed by atoms with Gasteiger partial charge in [-0.3, -0.25) is 9.59 Å². The fourth-order valence-electron chi connectivity index (χ4n) is 1.96. The summed E-state index contributed by atoms with van der Waals surface area (Å²) in [6.07, 6.45) is -1.17. The normalized spacial score (nSPS) is 22.0. The molecule has 1 heterocycles. The summed E-state index contributed by atoms with van der Waals surface area (Å²) in [7, 11) is 2.25. The summed E-state index contributed by atoms with van der Waals surface area (Å²) in [5.74, 6) is -3.64. The second kappa shape index (κ2) is 6.11. The van der Waals surface area contributed by atoms with Gasteiger partial charge in [-0.15, -0.1) is 0 Å². The van der Waals surface area contributed by atoms with Crippen LogP contribution in [0.5, 0.6) is 0 Å². The zero-order valence-electron chi connectivity index (χ0n) is 12.7. The molecule has 0 spiro atoms. The lowest BCUT2D eigenvalue weighted by molar-refractivity contribution is -0.151. The Morgan fingerprint density at radius 1 is 1.10 bits per heavy atom. The first-order chi connectivity index (χ1) is 9.62.